The summed E-state index contributed by atoms with van der Waals surface area (Å²) in [7, 11) is 7.05. The second-order valence-corrected chi connectivity index (χ2v) is 10.4. The standard InChI is InChI=1S/C25H28N4O7/c1-25(29(4)5)11-7-9-6-10-13(28(2)3)8-12-21(36-24(35)27-12)15(10)18(30)14(9)19(31)16(11)20(32)17(22(25)33)23(26)34/h8-9,11,16,31,33H,6-7H2,1-5H3,(H2,26,34)(H,27,35). The maximum atomic E-state index is 13.9. The number of rotatable bonds is 3. The van der Waals surface area contributed by atoms with Crippen molar-refractivity contribution in [3.05, 3.63) is 50.4 Å². The minimum Gasteiger partial charge on any atom is -0.511 e. The number of Topliss-reactive ketones (excluding diaryl/α,β-unsaturated/α-hetero) is 2. The summed E-state index contributed by atoms with van der Waals surface area (Å²) in [6, 6.07) is 1.74. The number of likely N-dealkylation sites (N-methyl/N-ethyl adjacent to an activating group) is 1. The number of hydrogen-bond acceptors (Lipinski definition) is 9. The maximum absolute atomic E-state index is 13.9. The van der Waals surface area contributed by atoms with Crippen molar-refractivity contribution in [2.45, 2.75) is 25.3 Å². The molecular weight excluding hydrogens is 468 g/mol. The summed E-state index contributed by atoms with van der Waals surface area (Å²) in [5.41, 5.74) is 5.74. The van der Waals surface area contributed by atoms with E-state index in [0.717, 1.165) is 5.69 Å². The summed E-state index contributed by atoms with van der Waals surface area (Å²) < 4.78 is 5.31. The molecule has 5 rings (SSSR count). The van der Waals surface area contributed by atoms with E-state index in [-0.39, 0.29) is 23.1 Å². The molecule has 1 aromatic carbocycles. The number of benzene rings is 1. The molecule has 3 aliphatic rings. The second-order valence-electron chi connectivity index (χ2n) is 10.4. The third-order valence-electron chi connectivity index (χ3n) is 8.26. The second kappa shape index (κ2) is 7.57. The van der Waals surface area contributed by atoms with Crippen molar-refractivity contribution in [1.82, 2.24) is 9.88 Å². The summed E-state index contributed by atoms with van der Waals surface area (Å²) in [5.74, 6) is -6.37. The van der Waals surface area contributed by atoms with E-state index in [0.29, 0.717) is 17.5 Å². The van der Waals surface area contributed by atoms with Crippen LogP contribution < -0.4 is 16.4 Å². The molecule has 0 spiro atoms. The molecule has 0 saturated heterocycles. The van der Waals surface area contributed by atoms with Gasteiger partial charge in [-0.3, -0.25) is 24.3 Å². The fraction of sp³-hybridized carbons (Fsp3) is 0.440. The number of aliphatic hydroxyl groups excluding tert-OH is 2. The van der Waals surface area contributed by atoms with E-state index in [4.69, 9.17) is 10.2 Å². The molecule has 4 atom stereocenters. The van der Waals surface area contributed by atoms with Crippen molar-refractivity contribution in [1.29, 1.82) is 0 Å². The lowest BCUT2D eigenvalue weighted by molar-refractivity contribution is -0.129. The average Bonchev–Trinajstić information content (AvgIpc) is 3.15. The lowest BCUT2D eigenvalue weighted by Gasteiger charge is -2.52. The van der Waals surface area contributed by atoms with E-state index in [1.165, 1.54) is 0 Å². The van der Waals surface area contributed by atoms with E-state index >= 15 is 0 Å². The molecule has 11 heteroatoms. The molecule has 190 valence electrons. The minimum absolute atomic E-state index is 0.0597. The number of ketones is 2. The molecule has 5 N–H and O–H groups in total. The van der Waals surface area contributed by atoms with E-state index < -0.39 is 63.6 Å². The van der Waals surface area contributed by atoms with Gasteiger partial charge in [-0.05, 0) is 51.4 Å². The number of hydrogen-bond donors (Lipinski definition) is 4. The highest BCUT2D eigenvalue weighted by atomic mass is 16.4. The number of anilines is 1. The topological polar surface area (TPSA) is 170 Å². The molecule has 0 bridgehead atoms. The van der Waals surface area contributed by atoms with E-state index in [1.807, 2.05) is 19.0 Å². The van der Waals surface area contributed by atoms with Crippen LogP contribution in [0.5, 0.6) is 0 Å². The number of nitrogens with one attached hydrogen (secondary N) is 1. The van der Waals surface area contributed by atoms with Crippen LogP contribution in [-0.2, 0) is 16.0 Å². The highest BCUT2D eigenvalue weighted by Crippen LogP contribution is 2.54. The zero-order valence-electron chi connectivity index (χ0n) is 20.6. The predicted molar refractivity (Wildman–Crippen MR) is 130 cm³/mol. The number of oxazole rings is 1. The van der Waals surface area contributed by atoms with Crippen molar-refractivity contribution in [2.75, 3.05) is 33.1 Å². The van der Waals surface area contributed by atoms with Crippen LogP contribution in [0, 0.1) is 17.8 Å². The van der Waals surface area contributed by atoms with Gasteiger partial charge >= 0.3 is 5.76 Å². The first-order valence-electron chi connectivity index (χ1n) is 11.6. The number of aliphatic hydroxyl groups is 2. The molecule has 36 heavy (non-hydrogen) atoms. The monoisotopic (exact) mass is 496 g/mol. The van der Waals surface area contributed by atoms with Crippen LogP contribution in [0.1, 0.15) is 29.3 Å². The molecule has 1 amide bonds. The molecular formula is C25H28N4O7. The van der Waals surface area contributed by atoms with Crippen molar-refractivity contribution < 1.29 is 29.0 Å². The zero-order valence-corrected chi connectivity index (χ0v) is 20.6. The van der Waals surface area contributed by atoms with Crippen LogP contribution in [0.25, 0.3) is 11.1 Å². The van der Waals surface area contributed by atoms with Gasteiger partial charge in [-0.15, -0.1) is 0 Å². The molecule has 0 radical (unpaired) electrons. The fourth-order valence-corrected chi connectivity index (χ4v) is 6.30. The molecule has 11 nitrogen and oxygen atoms in total. The van der Waals surface area contributed by atoms with Crippen molar-refractivity contribution in [3.8, 4) is 0 Å². The average molecular weight is 497 g/mol. The number of carbonyl (C=O) groups excluding carboxylic acids is 3. The summed E-state index contributed by atoms with van der Waals surface area (Å²) in [4.78, 5) is 57.6. The fourth-order valence-electron chi connectivity index (χ4n) is 6.30. The lowest BCUT2D eigenvalue weighted by atomic mass is 9.57. The van der Waals surface area contributed by atoms with Crippen molar-refractivity contribution >= 4 is 34.3 Å². The van der Waals surface area contributed by atoms with E-state index in [1.54, 1.807) is 32.0 Å². The predicted octanol–water partition coefficient (Wildman–Crippen LogP) is 1.19. The van der Waals surface area contributed by atoms with Gasteiger partial charge < -0.3 is 25.3 Å². The summed E-state index contributed by atoms with van der Waals surface area (Å²) in [6.07, 6.45) is 0.626. The minimum atomic E-state index is -1.24. The van der Waals surface area contributed by atoms with Crippen molar-refractivity contribution in [2.24, 2.45) is 23.5 Å². The van der Waals surface area contributed by atoms with E-state index in [2.05, 4.69) is 4.98 Å². The molecule has 2 aromatic rings. The molecule has 0 aliphatic heterocycles. The summed E-state index contributed by atoms with van der Waals surface area (Å²) in [6.45, 7) is 1.69. The van der Waals surface area contributed by atoms with Crippen LogP contribution in [0.2, 0.25) is 0 Å². The maximum Gasteiger partial charge on any atom is 0.417 e. The highest BCUT2D eigenvalue weighted by Gasteiger charge is 2.59. The number of carbonyl (C=O) groups is 3. The van der Waals surface area contributed by atoms with Gasteiger partial charge in [0.05, 0.1) is 22.5 Å². The third-order valence-corrected chi connectivity index (χ3v) is 8.26. The molecule has 0 saturated carbocycles. The van der Waals surface area contributed by atoms with Crippen LogP contribution in [0.4, 0.5) is 5.69 Å². The van der Waals surface area contributed by atoms with E-state index in [9.17, 15) is 29.4 Å². The Labute approximate surface area is 205 Å². The number of aromatic nitrogens is 1. The van der Waals surface area contributed by atoms with Gasteiger partial charge in [-0.25, -0.2) is 4.79 Å². The van der Waals surface area contributed by atoms with Gasteiger partial charge in [-0.2, -0.15) is 0 Å². The van der Waals surface area contributed by atoms with Crippen LogP contribution in [-0.4, -0.2) is 71.3 Å². The number of nitrogens with two attached hydrogens (primary N) is 1. The smallest absolute Gasteiger partial charge is 0.417 e. The largest absolute Gasteiger partial charge is 0.511 e. The Morgan fingerprint density at radius 2 is 1.86 bits per heavy atom. The van der Waals surface area contributed by atoms with Crippen LogP contribution in [0.15, 0.2) is 37.9 Å². The number of aromatic amines is 1. The number of primary amides is 1. The van der Waals surface area contributed by atoms with Gasteiger partial charge in [0.1, 0.15) is 17.1 Å². The number of allylic oxidation sites excluding steroid dienone is 2. The van der Waals surface area contributed by atoms with Gasteiger partial charge in [-0.1, -0.05) is 0 Å². The summed E-state index contributed by atoms with van der Waals surface area (Å²) >= 11 is 0. The Morgan fingerprint density at radius 3 is 2.44 bits per heavy atom. The Bertz CT molecular complexity index is 1490. The van der Waals surface area contributed by atoms with Crippen molar-refractivity contribution in [3.63, 3.8) is 0 Å². The quantitative estimate of drug-likeness (QED) is 0.456. The Hall–Kier alpha value is -3.86. The zero-order chi connectivity index (χ0) is 26.4. The number of amides is 1. The Morgan fingerprint density at radius 1 is 1.19 bits per heavy atom. The number of H-pyrrole nitrogens is 1. The first-order valence-corrected chi connectivity index (χ1v) is 11.6. The summed E-state index contributed by atoms with van der Waals surface area (Å²) in [5, 5.41) is 22.5. The Kier molecular flexibility index (Phi) is 5.02. The molecule has 0 fully saturated rings. The molecule has 4 unspecified atom stereocenters. The van der Waals surface area contributed by atoms with Crippen LogP contribution >= 0.6 is 0 Å². The molecule has 3 aliphatic carbocycles. The Balaban J connectivity index is 1.78. The lowest BCUT2D eigenvalue weighted by Crippen LogP contribution is -2.60. The first kappa shape index (κ1) is 23.9. The van der Waals surface area contributed by atoms with Crippen LogP contribution in [0.3, 0.4) is 0 Å². The highest BCUT2D eigenvalue weighted by molar-refractivity contribution is 6.23. The molecule has 1 aromatic heterocycles. The SMILES string of the molecule is CN(C)c1cc2[nH]c(=O)oc2c2c1CC1CC3C(C(=O)C(C(N)=O)=C(O)C3(C)N(C)C)C(O)=C1C2=O. The van der Waals surface area contributed by atoms with Gasteiger partial charge in [0.25, 0.3) is 5.91 Å². The van der Waals surface area contributed by atoms with Gasteiger partial charge in [0.2, 0.25) is 0 Å². The van der Waals surface area contributed by atoms with Gasteiger partial charge in [0.15, 0.2) is 17.1 Å². The number of fused-ring (bicyclic) bond motifs is 5. The first-order chi connectivity index (χ1) is 16.8. The number of nitrogens with zero attached hydrogens (tertiary/aromatic N) is 2. The third kappa shape index (κ3) is 2.89. The normalized spacial score (nSPS) is 27.9. The van der Waals surface area contributed by atoms with Gasteiger partial charge in [0, 0.05) is 31.3 Å². The molecule has 1 heterocycles.